The standard InChI is InChI=1S/C37H51N5O8/c1-5-9-25(31(44)34(46)38-24-13-14-24)39-33(45)27-19-37(18-26(41-50-37)23-12-15-28-29(17-23)49-21-48-28)20-42(27)35(47)32(36(2,3)4)40-30(43)16-22-10-7-6-8-11-22/h12,15,17-18,22,24-25,27,32,41H,5-11,13-14,16,19-21H2,1-4H3,(H,38,46)(H,39,45)(H,40,43)/t25-,27-,32+,37+/m0/s1. The number of benzene rings is 1. The van der Waals surface area contributed by atoms with E-state index in [4.69, 9.17) is 14.3 Å². The highest BCUT2D eigenvalue weighted by Gasteiger charge is 2.54. The maximum atomic E-state index is 14.6. The Balaban J connectivity index is 1.26. The van der Waals surface area contributed by atoms with Crippen LogP contribution in [0, 0.1) is 11.3 Å². The average molecular weight is 694 g/mol. The SMILES string of the molecule is CCC[C@H](NC(=O)[C@@H]1C[C@]2(C=C(c3ccc4c(c3)OCO4)NO2)CN1C(=O)[C@@H](NC(=O)CC1CCCCC1)C(C)(C)C)C(=O)C(=O)NC1CC1. The van der Waals surface area contributed by atoms with E-state index in [9.17, 15) is 24.0 Å². The summed E-state index contributed by atoms with van der Waals surface area (Å²) in [5.41, 5.74) is 2.63. The van der Waals surface area contributed by atoms with E-state index in [-0.39, 0.29) is 44.0 Å². The number of fused-ring (bicyclic) bond motifs is 1. The number of amides is 4. The third-order valence-corrected chi connectivity index (χ3v) is 10.4. The Bertz CT molecular complexity index is 1530. The van der Waals surface area contributed by atoms with Crippen molar-refractivity contribution in [3.8, 4) is 11.5 Å². The molecule has 2 aliphatic carbocycles. The largest absolute Gasteiger partial charge is 0.454 e. The summed E-state index contributed by atoms with van der Waals surface area (Å²) in [5.74, 6) is -1.05. The van der Waals surface area contributed by atoms with Crippen LogP contribution in [0.5, 0.6) is 11.5 Å². The third kappa shape index (κ3) is 8.08. The zero-order valence-electron chi connectivity index (χ0n) is 29.6. The van der Waals surface area contributed by atoms with Gasteiger partial charge in [0.2, 0.25) is 30.3 Å². The fourth-order valence-electron chi connectivity index (χ4n) is 7.39. The van der Waals surface area contributed by atoms with Crippen molar-refractivity contribution in [2.75, 3.05) is 13.3 Å². The first kappa shape index (κ1) is 35.7. The van der Waals surface area contributed by atoms with Crippen molar-refractivity contribution in [2.45, 2.75) is 128 Å². The van der Waals surface area contributed by atoms with Crippen molar-refractivity contribution in [3.63, 3.8) is 0 Å². The Labute approximate surface area is 293 Å². The molecule has 4 amide bonds. The zero-order chi connectivity index (χ0) is 35.6. The lowest BCUT2D eigenvalue weighted by molar-refractivity contribution is -0.145. The summed E-state index contributed by atoms with van der Waals surface area (Å²) < 4.78 is 11.0. The van der Waals surface area contributed by atoms with Gasteiger partial charge in [0.05, 0.1) is 18.3 Å². The molecule has 13 heteroatoms. The fourth-order valence-corrected chi connectivity index (χ4v) is 7.39. The Morgan fingerprint density at radius 1 is 1.00 bits per heavy atom. The van der Waals surface area contributed by atoms with Gasteiger partial charge in [0, 0.05) is 24.4 Å². The highest BCUT2D eigenvalue weighted by molar-refractivity contribution is 6.38. The van der Waals surface area contributed by atoms with E-state index in [2.05, 4.69) is 21.4 Å². The summed E-state index contributed by atoms with van der Waals surface area (Å²) in [5, 5.41) is 8.56. The molecule has 1 aromatic carbocycles. The second kappa shape index (κ2) is 14.6. The molecular weight excluding hydrogens is 642 g/mol. The minimum atomic E-state index is -1.09. The van der Waals surface area contributed by atoms with Crippen LogP contribution in [-0.4, -0.2) is 77.4 Å². The molecular formula is C37H51N5O8. The van der Waals surface area contributed by atoms with Gasteiger partial charge in [-0.1, -0.05) is 53.4 Å². The molecule has 13 nitrogen and oxygen atoms in total. The summed E-state index contributed by atoms with van der Waals surface area (Å²) in [6.45, 7) is 7.68. The van der Waals surface area contributed by atoms with Gasteiger partial charge in [0.15, 0.2) is 11.5 Å². The lowest BCUT2D eigenvalue weighted by Gasteiger charge is -2.36. The lowest BCUT2D eigenvalue weighted by atomic mass is 9.84. The van der Waals surface area contributed by atoms with E-state index in [1.807, 2.05) is 45.9 Å². The second-order valence-electron chi connectivity index (χ2n) is 15.6. The number of hydroxylamine groups is 1. The van der Waals surface area contributed by atoms with Gasteiger partial charge in [0.25, 0.3) is 5.91 Å². The van der Waals surface area contributed by atoms with Gasteiger partial charge in [-0.2, -0.15) is 0 Å². The van der Waals surface area contributed by atoms with Crippen LogP contribution >= 0.6 is 0 Å². The predicted molar refractivity (Wildman–Crippen MR) is 183 cm³/mol. The molecule has 1 aromatic rings. The summed E-state index contributed by atoms with van der Waals surface area (Å²) in [7, 11) is 0. The van der Waals surface area contributed by atoms with Crippen molar-refractivity contribution in [1.29, 1.82) is 0 Å². The first-order valence-electron chi connectivity index (χ1n) is 18.2. The van der Waals surface area contributed by atoms with E-state index in [0.717, 1.165) is 44.1 Å². The molecule has 1 saturated heterocycles. The number of ketones is 1. The van der Waals surface area contributed by atoms with Gasteiger partial charge < -0.3 is 30.3 Å². The minimum Gasteiger partial charge on any atom is -0.454 e. The topological polar surface area (TPSA) is 164 Å². The molecule has 0 aromatic heterocycles. The molecule has 4 N–H and O–H groups in total. The molecule has 6 rings (SSSR count). The average Bonchev–Trinajstić information content (AvgIpc) is 3.44. The summed E-state index contributed by atoms with van der Waals surface area (Å²) in [4.78, 5) is 75.7. The highest BCUT2D eigenvalue weighted by Crippen LogP contribution is 2.41. The molecule has 1 spiro atoms. The van der Waals surface area contributed by atoms with Crippen LogP contribution in [0.4, 0.5) is 0 Å². The predicted octanol–water partition coefficient (Wildman–Crippen LogP) is 3.26. The van der Waals surface area contributed by atoms with Crippen molar-refractivity contribution in [1.82, 2.24) is 26.3 Å². The van der Waals surface area contributed by atoms with Gasteiger partial charge in [-0.15, -0.1) is 0 Å². The number of rotatable bonds is 12. The number of Topliss-reactive ketones (excluding diaryl/α,β-unsaturated/α-hetero) is 1. The van der Waals surface area contributed by atoms with Crippen molar-refractivity contribution < 1.29 is 38.3 Å². The number of carbonyl (C=O) groups excluding carboxylic acids is 5. The minimum absolute atomic E-state index is 0.00681. The molecule has 3 fully saturated rings. The molecule has 5 aliphatic rings. The molecule has 0 bridgehead atoms. The molecule has 4 atom stereocenters. The Morgan fingerprint density at radius 2 is 1.74 bits per heavy atom. The maximum absolute atomic E-state index is 14.6. The number of ether oxygens (including phenoxy) is 2. The number of nitrogens with zero attached hydrogens (tertiary/aromatic N) is 1. The van der Waals surface area contributed by atoms with Crippen molar-refractivity contribution in [3.05, 3.63) is 29.8 Å². The molecule has 0 radical (unpaired) electrons. The Kier molecular flexibility index (Phi) is 10.4. The van der Waals surface area contributed by atoms with Gasteiger partial charge in [0.1, 0.15) is 17.7 Å². The summed E-state index contributed by atoms with van der Waals surface area (Å²) in [6, 6.07) is 2.48. The van der Waals surface area contributed by atoms with Crippen LogP contribution in [0.3, 0.4) is 0 Å². The molecule has 3 heterocycles. The number of likely N-dealkylation sites (tertiary alicyclic amines) is 1. The molecule has 3 aliphatic heterocycles. The monoisotopic (exact) mass is 693 g/mol. The Morgan fingerprint density at radius 3 is 2.44 bits per heavy atom. The molecule has 2 saturated carbocycles. The van der Waals surface area contributed by atoms with Crippen LogP contribution in [0.1, 0.15) is 104 Å². The van der Waals surface area contributed by atoms with Crippen molar-refractivity contribution >= 4 is 35.1 Å². The van der Waals surface area contributed by atoms with E-state index < -0.39 is 52.6 Å². The number of hydrogen-bond donors (Lipinski definition) is 4. The lowest BCUT2D eigenvalue weighted by Crippen LogP contribution is -2.59. The summed E-state index contributed by atoms with van der Waals surface area (Å²) in [6.07, 6.45) is 10.2. The van der Waals surface area contributed by atoms with Gasteiger partial charge in [-0.05, 0) is 67.7 Å². The number of nitrogens with one attached hydrogen (secondary N) is 4. The van der Waals surface area contributed by atoms with E-state index >= 15 is 0 Å². The zero-order valence-corrected chi connectivity index (χ0v) is 29.6. The summed E-state index contributed by atoms with van der Waals surface area (Å²) >= 11 is 0. The van der Waals surface area contributed by atoms with E-state index in [1.54, 1.807) is 6.07 Å². The molecule has 272 valence electrons. The van der Waals surface area contributed by atoms with Crippen LogP contribution < -0.4 is 30.9 Å². The van der Waals surface area contributed by atoms with E-state index in [0.29, 0.717) is 30.0 Å². The van der Waals surface area contributed by atoms with Crippen LogP contribution in [0.15, 0.2) is 24.3 Å². The highest BCUT2D eigenvalue weighted by atomic mass is 16.7. The maximum Gasteiger partial charge on any atom is 0.289 e. The van der Waals surface area contributed by atoms with Crippen molar-refractivity contribution in [2.24, 2.45) is 11.3 Å². The molecule has 50 heavy (non-hydrogen) atoms. The normalized spacial score (nSPS) is 24.3. The van der Waals surface area contributed by atoms with Gasteiger partial charge in [-0.25, -0.2) is 0 Å². The molecule has 0 unspecified atom stereocenters. The van der Waals surface area contributed by atoms with Crippen LogP contribution in [-0.2, 0) is 28.8 Å². The number of hydrogen-bond acceptors (Lipinski definition) is 9. The third-order valence-electron chi connectivity index (χ3n) is 10.4. The van der Waals surface area contributed by atoms with Crippen LogP contribution in [0.25, 0.3) is 5.70 Å². The second-order valence-corrected chi connectivity index (χ2v) is 15.6. The number of carbonyl (C=O) groups is 5. The Hall–Kier alpha value is -4.13. The fraction of sp³-hybridized carbons (Fsp3) is 0.649. The van der Waals surface area contributed by atoms with Crippen LogP contribution in [0.2, 0.25) is 0 Å². The van der Waals surface area contributed by atoms with E-state index in [1.165, 1.54) is 11.3 Å². The first-order chi connectivity index (χ1) is 23.9. The van der Waals surface area contributed by atoms with Gasteiger partial charge in [-0.3, -0.25) is 34.3 Å². The van der Waals surface area contributed by atoms with Gasteiger partial charge >= 0.3 is 0 Å². The first-order valence-corrected chi connectivity index (χ1v) is 18.2. The smallest absolute Gasteiger partial charge is 0.289 e. The quantitative estimate of drug-likeness (QED) is 0.241.